The number of carbonyl (C=O) groups excluding carboxylic acids is 1. The smallest absolute Gasteiger partial charge is 0.269 e. The fraction of sp³-hybridized carbons (Fsp3) is 0.353. The fourth-order valence-electron chi connectivity index (χ4n) is 2.68. The number of para-hydroxylation sites is 2. The van der Waals surface area contributed by atoms with Gasteiger partial charge in [-0.15, -0.1) is 0 Å². The lowest BCUT2D eigenvalue weighted by atomic mass is 10.2. The van der Waals surface area contributed by atoms with Crippen molar-refractivity contribution in [3.63, 3.8) is 0 Å². The van der Waals surface area contributed by atoms with Crippen molar-refractivity contribution in [2.24, 2.45) is 0 Å². The number of fused-ring (bicyclic) bond motifs is 1. The lowest BCUT2D eigenvalue weighted by Crippen LogP contribution is -2.40. The van der Waals surface area contributed by atoms with Crippen LogP contribution in [0.15, 0.2) is 36.7 Å². The van der Waals surface area contributed by atoms with Crippen LogP contribution in [0.25, 0.3) is 0 Å². The van der Waals surface area contributed by atoms with E-state index in [4.69, 9.17) is 14.2 Å². The number of hydrogen-bond donors (Lipinski definition) is 1. The molecular weight excluding hydrogens is 324 g/mol. The van der Waals surface area contributed by atoms with Gasteiger partial charge in [-0.3, -0.25) is 4.79 Å². The van der Waals surface area contributed by atoms with Crippen molar-refractivity contribution in [1.29, 1.82) is 0 Å². The van der Waals surface area contributed by atoms with Crippen molar-refractivity contribution in [3.8, 4) is 11.5 Å². The highest BCUT2D eigenvalue weighted by atomic mass is 16.6. The Morgan fingerprint density at radius 1 is 1.12 bits per heavy atom. The largest absolute Gasteiger partial charge is 0.485 e. The molecule has 25 heavy (non-hydrogen) atoms. The van der Waals surface area contributed by atoms with Crippen LogP contribution in [0.1, 0.15) is 0 Å². The van der Waals surface area contributed by atoms with Crippen molar-refractivity contribution >= 4 is 17.5 Å². The summed E-state index contributed by atoms with van der Waals surface area (Å²) in [7, 11) is 0. The van der Waals surface area contributed by atoms with Crippen LogP contribution in [0.4, 0.5) is 11.6 Å². The molecule has 0 saturated carbocycles. The first-order valence-corrected chi connectivity index (χ1v) is 8.14. The molecule has 1 aromatic heterocycles. The average Bonchev–Trinajstić information content (AvgIpc) is 2.69. The number of morpholine rings is 1. The molecule has 8 nitrogen and oxygen atoms in total. The number of hydrogen-bond acceptors (Lipinski definition) is 7. The van der Waals surface area contributed by atoms with E-state index in [0.29, 0.717) is 36.3 Å². The minimum atomic E-state index is -0.714. The van der Waals surface area contributed by atoms with Gasteiger partial charge in [0.2, 0.25) is 12.1 Å². The third-order valence-electron chi connectivity index (χ3n) is 4.00. The first-order chi connectivity index (χ1) is 12.3. The van der Waals surface area contributed by atoms with Crippen molar-refractivity contribution in [2.45, 2.75) is 6.10 Å². The number of nitrogens with zero attached hydrogens (tertiary/aromatic N) is 3. The van der Waals surface area contributed by atoms with Gasteiger partial charge in [-0.2, -0.15) is 0 Å². The van der Waals surface area contributed by atoms with Gasteiger partial charge in [-0.25, -0.2) is 9.97 Å². The van der Waals surface area contributed by atoms with Crippen LogP contribution in [0.3, 0.4) is 0 Å². The maximum absolute atomic E-state index is 12.4. The minimum absolute atomic E-state index is 0.162. The highest BCUT2D eigenvalue weighted by molar-refractivity contribution is 5.94. The zero-order valence-electron chi connectivity index (χ0n) is 13.6. The number of aromatic nitrogens is 2. The van der Waals surface area contributed by atoms with E-state index in [1.54, 1.807) is 18.5 Å². The predicted molar refractivity (Wildman–Crippen MR) is 90.0 cm³/mol. The zero-order valence-corrected chi connectivity index (χ0v) is 13.6. The summed E-state index contributed by atoms with van der Waals surface area (Å²) in [4.78, 5) is 23.0. The molecule has 3 heterocycles. The second kappa shape index (κ2) is 6.94. The van der Waals surface area contributed by atoms with Crippen LogP contribution in [0.5, 0.6) is 11.5 Å². The standard InChI is InChI=1S/C17H18N4O4/c22-16(15-11-24-13-3-1-2-4-14(13)25-15)20-12-9-18-17(19-10-12)21-5-7-23-8-6-21/h1-4,9-10,15H,5-8,11H2,(H,20,22). The molecule has 1 saturated heterocycles. The van der Waals surface area contributed by atoms with Crippen LogP contribution in [0, 0.1) is 0 Å². The van der Waals surface area contributed by atoms with Gasteiger partial charge in [-0.05, 0) is 12.1 Å². The molecule has 2 aromatic rings. The van der Waals surface area contributed by atoms with Gasteiger partial charge in [0, 0.05) is 13.1 Å². The molecule has 130 valence electrons. The van der Waals surface area contributed by atoms with Crippen LogP contribution >= 0.6 is 0 Å². The molecule has 2 aliphatic rings. The molecule has 0 bridgehead atoms. The summed E-state index contributed by atoms with van der Waals surface area (Å²) < 4.78 is 16.6. The Morgan fingerprint density at radius 3 is 2.60 bits per heavy atom. The molecular formula is C17H18N4O4. The van der Waals surface area contributed by atoms with E-state index in [2.05, 4.69) is 15.3 Å². The normalized spacial score (nSPS) is 19.4. The number of ether oxygens (including phenoxy) is 3. The van der Waals surface area contributed by atoms with Gasteiger partial charge in [-0.1, -0.05) is 12.1 Å². The van der Waals surface area contributed by atoms with Crippen LogP contribution in [-0.2, 0) is 9.53 Å². The second-order valence-corrected chi connectivity index (χ2v) is 5.72. The molecule has 0 aliphatic carbocycles. The van der Waals surface area contributed by atoms with E-state index in [9.17, 15) is 4.79 Å². The van der Waals surface area contributed by atoms with Gasteiger partial charge in [0.15, 0.2) is 11.5 Å². The van der Waals surface area contributed by atoms with Gasteiger partial charge in [0.05, 0.1) is 31.3 Å². The number of anilines is 2. The molecule has 8 heteroatoms. The number of rotatable bonds is 3. The number of nitrogens with one attached hydrogen (secondary N) is 1. The highest BCUT2D eigenvalue weighted by Crippen LogP contribution is 2.31. The molecule has 4 rings (SSSR count). The molecule has 1 N–H and O–H groups in total. The van der Waals surface area contributed by atoms with Gasteiger partial charge in [0.1, 0.15) is 6.61 Å². The summed E-state index contributed by atoms with van der Waals surface area (Å²) in [6.45, 7) is 3.02. The summed E-state index contributed by atoms with van der Waals surface area (Å²) in [5.74, 6) is 1.54. The molecule has 1 atom stereocenters. The fourth-order valence-corrected chi connectivity index (χ4v) is 2.68. The Kier molecular flexibility index (Phi) is 4.34. The summed E-state index contributed by atoms with van der Waals surface area (Å²) in [5, 5.41) is 2.76. The lowest BCUT2D eigenvalue weighted by Gasteiger charge is -2.27. The number of carbonyl (C=O) groups is 1. The van der Waals surface area contributed by atoms with Crippen molar-refractivity contribution < 1.29 is 19.0 Å². The first kappa shape index (κ1) is 15.6. The van der Waals surface area contributed by atoms with Crippen LogP contribution in [0.2, 0.25) is 0 Å². The Labute approximate surface area is 144 Å². The Bertz CT molecular complexity index is 747. The van der Waals surface area contributed by atoms with Crippen LogP contribution in [-0.4, -0.2) is 54.9 Å². The summed E-state index contributed by atoms with van der Waals surface area (Å²) in [5.41, 5.74) is 0.518. The Hall–Kier alpha value is -2.87. The van der Waals surface area contributed by atoms with E-state index in [-0.39, 0.29) is 12.5 Å². The highest BCUT2D eigenvalue weighted by Gasteiger charge is 2.27. The Balaban J connectivity index is 1.38. The van der Waals surface area contributed by atoms with Crippen molar-refractivity contribution in [1.82, 2.24) is 9.97 Å². The van der Waals surface area contributed by atoms with E-state index in [1.807, 2.05) is 23.1 Å². The summed E-state index contributed by atoms with van der Waals surface area (Å²) in [6.07, 6.45) is 2.47. The minimum Gasteiger partial charge on any atom is -0.485 e. The topological polar surface area (TPSA) is 85.8 Å². The maximum Gasteiger partial charge on any atom is 0.269 e. The third-order valence-corrected chi connectivity index (χ3v) is 4.00. The molecule has 2 aliphatic heterocycles. The van der Waals surface area contributed by atoms with E-state index in [0.717, 1.165) is 13.1 Å². The number of benzene rings is 1. The summed E-state index contributed by atoms with van der Waals surface area (Å²) >= 11 is 0. The first-order valence-electron chi connectivity index (χ1n) is 8.14. The van der Waals surface area contributed by atoms with Gasteiger partial charge >= 0.3 is 0 Å². The quantitative estimate of drug-likeness (QED) is 0.893. The molecule has 1 aromatic carbocycles. The van der Waals surface area contributed by atoms with Gasteiger partial charge < -0.3 is 24.4 Å². The monoisotopic (exact) mass is 342 g/mol. The Morgan fingerprint density at radius 2 is 1.84 bits per heavy atom. The average molecular weight is 342 g/mol. The zero-order chi connectivity index (χ0) is 17.1. The van der Waals surface area contributed by atoms with Crippen LogP contribution < -0.4 is 19.7 Å². The van der Waals surface area contributed by atoms with Crippen molar-refractivity contribution in [3.05, 3.63) is 36.7 Å². The van der Waals surface area contributed by atoms with Gasteiger partial charge in [0.25, 0.3) is 5.91 Å². The second-order valence-electron chi connectivity index (χ2n) is 5.72. The van der Waals surface area contributed by atoms with E-state index < -0.39 is 6.10 Å². The third kappa shape index (κ3) is 3.48. The maximum atomic E-state index is 12.4. The molecule has 1 unspecified atom stereocenters. The summed E-state index contributed by atoms with van der Waals surface area (Å²) in [6, 6.07) is 7.27. The van der Waals surface area contributed by atoms with Crippen molar-refractivity contribution in [2.75, 3.05) is 43.1 Å². The molecule has 1 fully saturated rings. The predicted octanol–water partition coefficient (Wildman–Crippen LogP) is 1.09. The lowest BCUT2D eigenvalue weighted by molar-refractivity contribution is -0.125. The molecule has 0 spiro atoms. The molecule has 0 radical (unpaired) electrons. The SMILES string of the molecule is O=C(Nc1cnc(N2CCOCC2)nc1)C1COc2ccccc2O1. The number of amides is 1. The van der Waals surface area contributed by atoms with E-state index >= 15 is 0 Å². The molecule has 1 amide bonds. The van der Waals surface area contributed by atoms with E-state index in [1.165, 1.54) is 0 Å².